The van der Waals surface area contributed by atoms with E-state index in [9.17, 15) is 0 Å². The van der Waals surface area contributed by atoms with E-state index in [1.165, 1.54) is 24.0 Å². The van der Waals surface area contributed by atoms with Crippen LogP contribution in [0.5, 0.6) is 5.75 Å². The Morgan fingerprint density at radius 1 is 1.28 bits per heavy atom. The van der Waals surface area contributed by atoms with E-state index in [0.29, 0.717) is 6.54 Å². The summed E-state index contributed by atoms with van der Waals surface area (Å²) in [5.74, 6) is 3.72. The normalized spacial score (nSPS) is 18.7. The number of halogens is 1. The zero-order valence-electron chi connectivity index (χ0n) is 18.0. The van der Waals surface area contributed by atoms with Crippen LogP contribution in [0, 0.1) is 12.8 Å². The Morgan fingerprint density at radius 3 is 2.69 bits per heavy atom. The molecule has 5 nitrogen and oxygen atoms in total. The Balaban J connectivity index is 0.00000300. The Morgan fingerprint density at radius 2 is 2.03 bits per heavy atom. The Bertz CT molecular complexity index is 656. The summed E-state index contributed by atoms with van der Waals surface area (Å²) < 4.78 is 11.9. The number of guanidine groups is 1. The van der Waals surface area contributed by atoms with Crippen molar-refractivity contribution in [3.8, 4) is 5.75 Å². The first-order chi connectivity index (χ1) is 13.6. The van der Waals surface area contributed by atoms with Gasteiger partial charge in [0.2, 0.25) is 0 Å². The van der Waals surface area contributed by atoms with E-state index in [-0.39, 0.29) is 28.7 Å². The molecule has 1 aliphatic carbocycles. The van der Waals surface area contributed by atoms with E-state index < -0.39 is 0 Å². The van der Waals surface area contributed by atoms with Crippen molar-refractivity contribution < 1.29 is 9.47 Å². The molecule has 1 saturated carbocycles. The summed E-state index contributed by atoms with van der Waals surface area (Å²) in [6.07, 6.45) is 4.79. The number of benzene rings is 1. The smallest absolute Gasteiger partial charge is 0.191 e. The third-order valence-electron chi connectivity index (χ3n) is 5.50. The lowest BCUT2D eigenvalue weighted by Crippen LogP contribution is -2.48. The van der Waals surface area contributed by atoms with E-state index in [2.05, 4.69) is 47.7 Å². The molecule has 7 heteroatoms. The monoisotopic (exact) mass is 533 g/mol. The van der Waals surface area contributed by atoms with Crippen LogP contribution in [0.2, 0.25) is 0 Å². The zero-order chi connectivity index (χ0) is 19.8. The van der Waals surface area contributed by atoms with Crippen LogP contribution in [0.3, 0.4) is 0 Å². The molecule has 0 amide bonds. The fraction of sp³-hybridized carbons (Fsp3) is 0.682. The lowest BCUT2D eigenvalue weighted by molar-refractivity contribution is 0.0782. The molecular formula is C22H36IN3O2S. The van der Waals surface area contributed by atoms with Crippen molar-refractivity contribution in [2.24, 2.45) is 10.9 Å². The van der Waals surface area contributed by atoms with Crippen LogP contribution in [0.15, 0.2) is 23.2 Å². The van der Waals surface area contributed by atoms with Crippen molar-refractivity contribution in [1.82, 2.24) is 10.6 Å². The summed E-state index contributed by atoms with van der Waals surface area (Å²) in [5.41, 5.74) is 2.41. The lowest BCUT2D eigenvalue weighted by atomic mass is 9.99. The third-order valence-corrected chi connectivity index (χ3v) is 6.95. The highest BCUT2D eigenvalue weighted by Crippen LogP contribution is 2.34. The van der Waals surface area contributed by atoms with Gasteiger partial charge in [-0.2, -0.15) is 11.8 Å². The Kier molecular flexibility index (Phi) is 10.4. The number of rotatable bonds is 9. The maximum atomic E-state index is 6.09. The van der Waals surface area contributed by atoms with Crippen molar-refractivity contribution in [2.75, 3.05) is 39.2 Å². The second-order valence-electron chi connectivity index (χ2n) is 7.87. The Labute approximate surface area is 197 Å². The first-order valence-corrected chi connectivity index (χ1v) is 11.5. The van der Waals surface area contributed by atoms with Crippen molar-refractivity contribution in [3.63, 3.8) is 0 Å². The first-order valence-electron chi connectivity index (χ1n) is 10.5. The molecule has 1 aliphatic heterocycles. The fourth-order valence-corrected chi connectivity index (χ4v) is 4.74. The lowest BCUT2D eigenvalue weighted by Gasteiger charge is -2.37. The van der Waals surface area contributed by atoms with Gasteiger partial charge in [-0.15, -0.1) is 24.0 Å². The molecule has 2 fully saturated rings. The van der Waals surface area contributed by atoms with Crippen molar-refractivity contribution in [2.45, 2.75) is 50.8 Å². The van der Waals surface area contributed by atoms with E-state index in [0.717, 1.165) is 62.6 Å². The van der Waals surface area contributed by atoms with E-state index >= 15 is 0 Å². The van der Waals surface area contributed by atoms with Gasteiger partial charge in [0.25, 0.3) is 0 Å². The molecule has 1 aromatic carbocycles. The molecule has 0 spiro atoms. The number of nitrogens with one attached hydrogen (secondary N) is 2. The molecule has 0 unspecified atom stereocenters. The molecule has 3 rings (SSSR count). The SMILES string of the molecule is CCSC1(CNC(=NC)NCc2ccc(C)cc2OCC2CC2)CCOCC1.I. The van der Waals surface area contributed by atoms with Crippen LogP contribution in [-0.2, 0) is 11.3 Å². The van der Waals surface area contributed by atoms with Gasteiger partial charge in [-0.05, 0) is 55.9 Å². The highest BCUT2D eigenvalue weighted by molar-refractivity contribution is 14.0. The third kappa shape index (κ3) is 7.83. The molecule has 29 heavy (non-hydrogen) atoms. The number of ether oxygens (including phenoxy) is 2. The van der Waals surface area contributed by atoms with E-state index in [4.69, 9.17) is 9.47 Å². The first kappa shape index (κ1) is 24.6. The van der Waals surface area contributed by atoms with Crippen LogP contribution < -0.4 is 15.4 Å². The summed E-state index contributed by atoms with van der Waals surface area (Å²) in [7, 11) is 1.83. The average molecular weight is 534 g/mol. The summed E-state index contributed by atoms with van der Waals surface area (Å²) in [5, 5.41) is 7.01. The number of thioether (sulfide) groups is 1. The number of aryl methyl sites for hydroxylation is 1. The molecule has 0 atom stereocenters. The molecule has 1 aromatic rings. The van der Waals surface area contributed by atoms with Gasteiger partial charge in [-0.3, -0.25) is 4.99 Å². The molecular weight excluding hydrogens is 497 g/mol. The van der Waals surface area contributed by atoms with E-state index in [1.807, 2.05) is 18.8 Å². The van der Waals surface area contributed by atoms with Crippen molar-refractivity contribution >= 4 is 41.7 Å². The predicted octanol–water partition coefficient (Wildman–Crippen LogP) is 4.37. The van der Waals surface area contributed by atoms with Crippen LogP contribution in [-0.4, -0.2) is 49.9 Å². The second-order valence-corrected chi connectivity index (χ2v) is 9.61. The maximum Gasteiger partial charge on any atom is 0.191 e. The van der Waals surface area contributed by atoms with Gasteiger partial charge >= 0.3 is 0 Å². The molecule has 2 aliphatic rings. The van der Waals surface area contributed by atoms with Crippen LogP contribution >= 0.6 is 35.7 Å². The van der Waals surface area contributed by atoms with Gasteiger partial charge in [0, 0.05) is 43.7 Å². The van der Waals surface area contributed by atoms with Gasteiger partial charge in [-0.25, -0.2) is 0 Å². The second kappa shape index (κ2) is 12.2. The zero-order valence-corrected chi connectivity index (χ0v) is 21.1. The van der Waals surface area contributed by atoms with Gasteiger partial charge in [0.1, 0.15) is 5.75 Å². The van der Waals surface area contributed by atoms with Crippen molar-refractivity contribution in [3.05, 3.63) is 29.3 Å². The highest BCUT2D eigenvalue weighted by atomic mass is 127. The highest BCUT2D eigenvalue weighted by Gasteiger charge is 2.32. The quantitative estimate of drug-likeness (QED) is 0.281. The number of hydrogen-bond donors (Lipinski definition) is 2. The number of aliphatic imine (C=N–C) groups is 1. The van der Waals surface area contributed by atoms with Crippen LogP contribution in [0.4, 0.5) is 0 Å². The summed E-state index contributed by atoms with van der Waals surface area (Å²) in [6.45, 7) is 8.50. The summed E-state index contributed by atoms with van der Waals surface area (Å²) >= 11 is 2.04. The summed E-state index contributed by atoms with van der Waals surface area (Å²) in [6, 6.07) is 6.45. The number of hydrogen-bond acceptors (Lipinski definition) is 4. The average Bonchev–Trinajstić information content (AvgIpc) is 3.53. The minimum Gasteiger partial charge on any atom is -0.493 e. The Hall–Kier alpha value is -0.670. The van der Waals surface area contributed by atoms with Crippen molar-refractivity contribution in [1.29, 1.82) is 0 Å². The largest absolute Gasteiger partial charge is 0.493 e. The summed E-state index contributed by atoms with van der Waals surface area (Å²) in [4.78, 5) is 4.42. The fourth-order valence-electron chi connectivity index (χ4n) is 3.50. The topological polar surface area (TPSA) is 54.9 Å². The molecule has 2 N–H and O–H groups in total. The minimum atomic E-state index is 0. The van der Waals surface area contributed by atoms with Gasteiger partial charge < -0.3 is 20.1 Å². The predicted molar refractivity (Wildman–Crippen MR) is 134 cm³/mol. The molecule has 0 bridgehead atoms. The maximum absolute atomic E-state index is 6.09. The standard InChI is InChI=1S/C22H35N3O2S.HI/c1-4-28-22(9-11-26-12-10-22)16-25-21(23-3)24-14-19-8-5-17(2)13-20(19)27-15-18-6-7-18;/h5,8,13,18H,4,6-7,9-12,14-16H2,1-3H3,(H2,23,24,25);1H. The van der Waals surface area contributed by atoms with Crippen LogP contribution in [0.25, 0.3) is 0 Å². The minimum absolute atomic E-state index is 0. The molecule has 1 heterocycles. The van der Waals surface area contributed by atoms with Gasteiger partial charge in [0.15, 0.2) is 5.96 Å². The molecule has 0 radical (unpaired) electrons. The number of nitrogens with zero attached hydrogens (tertiary/aromatic N) is 1. The molecule has 164 valence electrons. The van der Waals surface area contributed by atoms with E-state index in [1.54, 1.807) is 0 Å². The molecule has 1 saturated heterocycles. The molecule has 0 aromatic heterocycles. The van der Waals surface area contributed by atoms with Gasteiger partial charge in [-0.1, -0.05) is 19.1 Å². The van der Waals surface area contributed by atoms with Gasteiger partial charge in [0.05, 0.1) is 6.61 Å². The van der Waals surface area contributed by atoms with Crippen LogP contribution in [0.1, 0.15) is 43.7 Å².